The molecule has 2 amide bonds. The molecule has 0 saturated heterocycles. The van der Waals surface area contributed by atoms with Gasteiger partial charge in [-0.15, -0.1) is 0 Å². The molecule has 0 aromatic carbocycles. The maximum atomic E-state index is 13.4. The summed E-state index contributed by atoms with van der Waals surface area (Å²) >= 11 is 0. The molecule has 8 nitrogen and oxygen atoms in total. The summed E-state index contributed by atoms with van der Waals surface area (Å²) in [5.74, 6) is -0.0424. The van der Waals surface area contributed by atoms with Crippen LogP contribution in [0.2, 0.25) is 0 Å². The van der Waals surface area contributed by atoms with E-state index in [0.29, 0.717) is 24.5 Å². The van der Waals surface area contributed by atoms with E-state index in [0.717, 1.165) is 50.0 Å². The van der Waals surface area contributed by atoms with Gasteiger partial charge in [-0.3, -0.25) is 9.59 Å². The normalized spacial score (nSPS) is 16.2. The Morgan fingerprint density at radius 3 is 2.58 bits per heavy atom. The van der Waals surface area contributed by atoms with Crippen LogP contribution in [0.15, 0.2) is 6.58 Å². The van der Waals surface area contributed by atoms with E-state index in [-0.39, 0.29) is 17.7 Å². The molecule has 1 aliphatic rings. The van der Waals surface area contributed by atoms with E-state index in [1.807, 2.05) is 27.8 Å². The summed E-state index contributed by atoms with van der Waals surface area (Å²) in [4.78, 5) is 32.8. The molecule has 33 heavy (non-hydrogen) atoms. The van der Waals surface area contributed by atoms with Crippen molar-refractivity contribution >= 4 is 17.4 Å². The molecule has 1 aliphatic heterocycles. The fourth-order valence-electron chi connectivity index (χ4n) is 4.24. The van der Waals surface area contributed by atoms with Crippen LogP contribution in [-0.4, -0.2) is 52.9 Å². The number of nitrogens with zero attached hydrogens (tertiary/aromatic N) is 4. The molecule has 2 rings (SSSR count). The van der Waals surface area contributed by atoms with Gasteiger partial charge in [-0.25, -0.2) is 4.98 Å². The Morgan fingerprint density at radius 2 is 2.00 bits per heavy atom. The summed E-state index contributed by atoms with van der Waals surface area (Å²) in [5.41, 5.74) is 1.48. The zero-order valence-corrected chi connectivity index (χ0v) is 21.1. The average Bonchev–Trinajstić information content (AvgIpc) is 3.00. The third-order valence-electron chi connectivity index (χ3n) is 6.18. The van der Waals surface area contributed by atoms with Crippen molar-refractivity contribution in [1.82, 2.24) is 25.1 Å². The lowest BCUT2D eigenvalue weighted by molar-refractivity contribution is -0.124. The van der Waals surface area contributed by atoms with Crippen LogP contribution in [0.3, 0.4) is 0 Å². The number of fused-ring (bicyclic) bond motifs is 1. The molecule has 2 heterocycles. The number of rotatable bonds is 9. The van der Waals surface area contributed by atoms with Gasteiger partial charge in [0.05, 0.1) is 17.7 Å². The molecular weight excluding hydrogens is 416 g/mol. The van der Waals surface area contributed by atoms with Crippen LogP contribution in [0.5, 0.6) is 0 Å². The van der Waals surface area contributed by atoms with E-state index < -0.39 is 11.5 Å². The smallest absolute Gasteiger partial charge is 0.272 e. The van der Waals surface area contributed by atoms with E-state index in [1.54, 1.807) is 7.05 Å². The van der Waals surface area contributed by atoms with Gasteiger partial charge in [0.2, 0.25) is 5.91 Å². The van der Waals surface area contributed by atoms with Crippen molar-refractivity contribution in [3.05, 3.63) is 23.8 Å². The average molecular weight is 457 g/mol. The second-order valence-electron chi connectivity index (χ2n) is 10.1. The highest BCUT2D eigenvalue weighted by atomic mass is 16.2. The largest absolute Gasteiger partial charge is 0.357 e. The molecule has 0 radical (unpaired) electrons. The lowest BCUT2D eigenvalue weighted by atomic mass is 9.86. The van der Waals surface area contributed by atoms with Crippen LogP contribution in [0.4, 0.5) is 0 Å². The number of allylic oxidation sites excluding steroid dienone is 1. The van der Waals surface area contributed by atoms with Crippen LogP contribution in [0.25, 0.3) is 5.57 Å². The number of likely N-dealkylation sites (N-methyl/N-ethyl adjacent to an activating group) is 1. The third-order valence-corrected chi connectivity index (χ3v) is 6.18. The number of hydrogen-bond donors (Lipinski definition) is 2. The molecule has 182 valence electrons. The topological polar surface area (TPSA) is 103 Å². The summed E-state index contributed by atoms with van der Waals surface area (Å²) in [6, 6.07) is 1.70. The monoisotopic (exact) mass is 456 g/mol. The number of aromatic nitrogens is 2. The first-order valence-corrected chi connectivity index (χ1v) is 11.9. The van der Waals surface area contributed by atoms with Gasteiger partial charge in [-0.05, 0) is 43.8 Å². The fourth-order valence-corrected chi connectivity index (χ4v) is 4.24. The van der Waals surface area contributed by atoms with E-state index >= 15 is 0 Å². The number of unbranched alkanes of at least 4 members (excludes halogenated alkanes) is 1. The highest BCUT2D eigenvalue weighted by Crippen LogP contribution is 2.28. The number of nitriles is 1. The third kappa shape index (κ3) is 6.67. The standard InChI is InChI=1S/C25H40N6O2/c1-8-9-11-18(15-26)14-17(2)22-28-20(19-16-30(7)12-10-13-31(19)22)23(32)29-21(24(33)27-6)25(3,4)5/h18,21H,2,8-14,16H2,1,3-7H3,(H,27,33)(H,29,32). The van der Waals surface area contributed by atoms with Gasteiger partial charge in [0.15, 0.2) is 5.69 Å². The molecule has 2 atom stereocenters. The van der Waals surface area contributed by atoms with Gasteiger partial charge in [0.25, 0.3) is 5.91 Å². The van der Waals surface area contributed by atoms with E-state index in [1.165, 1.54) is 0 Å². The molecule has 1 aromatic rings. The van der Waals surface area contributed by atoms with Gasteiger partial charge in [0, 0.05) is 20.1 Å². The Hall–Kier alpha value is -2.66. The number of hydrogen-bond acceptors (Lipinski definition) is 5. The van der Waals surface area contributed by atoms with Gasteiger partial charge >= 0.3 is 0 Å². The molecular formula is C25H40N6O2. The quantitative estimate of drug-likeness (QED) is 0.593. The molecule has 2 N–H and O–H groups in total. The van der Waals surface area contributed by atoms with Gasteiger partial charge in [0.1, 0.15) is 11.9 Å². The molecule has 2 unspecified atom stereocenters. The maximum absolute atomic E-state index is 13.4. The number of amides is 2. The minimum atomic E-state index is -0.695. The maximum Gasteiger partial charge on any atom is 0.272 e. The zero-order valence-electron chi connectivity index (χ0n) is 21.1. The van der Waals surface area contributed by atoms with Crippen molar-refractivity contribution < 1.29 is 9.59 Å². The van der Waals surface area contributed by atoms with E-state index in [2.05, 4.69) is 39.7 Å². The Morgan fingerprint density at radius 1 is 1.30 bits per heavy atom. The zero-order chi connectivity index (χ0) is 24.8. The molecule has 0 saturated carbocycles. The fraction of sp³-hybridized carbons (Fsp3) is 0.680. The first-order valence-electron chi connectivity index (χ1n) is 11.9. The summed E-state index contributed by atoms with van der Waals surface area (Å²) in [6.45, 7) is 14.3. The molecule has 8 heteroatoms. The van der Waals surface area contributed by atoms with Crippen molar-refractivity contribution in [3.63, 3.8) is 0 Å². The molecule has 0 fully saturated rings. The second-order valence-corrected chi connectivity index (χ2v) is 10.1. The lowest BCUT2D eigenvalue weighted by Crippen LogP contribution is -2.53. The van der Waals surface area contributed by atoms with Crippen molar-refractivity contribution in [2.45, 2.75) is 78.9 Å². The number of nitrogens with one attached hydrogen (secondary N) is 2. The first-order chi connectivity index (χ1) is 15.5. The molecule has 0 spiro atoms. The highest BCUT2D eigenvalue weighted by molar-refractivity contribution is 5.97. The molecule has 0 aliphatic carbocycles. The Bertz CT molecular complexity index is 905. The number of carbonyl (C=O) groups excluding carboxylic acids is 2. The SMILES string of the molecule is C=C(CC(C#N)CCCC)c1nc(C(=O)NC(C(=O)NC)C(C)(C)C)c2n1CCCN(C)C2. The Labute approximate surface area is 198 Å². The molecule has 1 aromatic heterocycles. The Balaban J connectivity index is 2.42. The Kier molecular flexibility index (Phi) is 9.24. The minimum absolute atomic E-state index is 0.116. The molecule has 0 bridgehead atoms. The summed E-state index contributed by atoms with van der Waals surface area (Å²) < 4.78 is 2.08. The van der Waals surface area contributed by atoms with E-state index in [9.17, 15) is 14.9 Å². The number of carbonyl (C=O) groups is 2. The van der Waals surface area contributed by atoms with Crippen molar-refractivity contribution in [2.24, 2.45) is 11.3 Å². The van der Waals surface area contributed by atoms with Crippen molar-refractivity contribution in [3.8, 4) is 6.07 Å². The summed E-state index contributed by atoms with van der Waals surface area (Å²) in [5, 5.41) is 15.1. The van der Waals surface area contributed by atoms with Gasteiger partial charge < -0.3 is 20.1 Å². The van der Waals surface area contributed by atoms with Gasteiger partial charge in [-0.1, -0.05) is 47.1 Å². The van der Waals surface area contributed by atoms with E-state index in [4.69, 9.17) is 4.98 Å². The number of imidazole rings is 1. The lowest BCUT2D eigenvalue weighted by Gasteiger charge is -2.29. The minimum Gasteiger partial charge on any atom is -0.357 e. The second kappa shape index (κ2) is 11.5. The highest BCUT2D eigenvalue weighted by Gasteiger charge is 2.34. The van der Waals surface area contributed by atoms with Crippen LogP contribution in [0.1, 0.15) is 81.8 Å². The van der Waals surface area contributed by atoms with Gasteiger partial charge in [-0.2, -0.15) is 5.26 Å². The van der Waals surface area contributed by atoms with Crippen molar-refractivity contribution in [1.29, 1.82) is 5.26 Å². The van der Waals surface area contributed by atoms with Crippen LogP contribution < -0.4 is 10.6 Å². The van der Waals surface area contributed by atoms with Crippen LogP contribution in [0, 0.1) is 22.7 Å². The first kappa shape index (κ1) is 26.6. The van der Waals surface area contributed by atoms with Crippen LogP contribution in [-0.2, 0) is 17.9 Å². The predicted octanol–water partition coefficient (Wildman–Crippen LogP) is 3.34. The summed E-state index contributed by atoms with van der Waals surface area (Å²) in [7, 11) is 3.59. The summed E-state index contributed by atoms with van der Waals surface area (Å²) in [6.07, 6.45) is 4.33. The van der Waals surface area contributed by atoms with Crippen LogP contribution >= 0.6 is 0 Å². The van der Waals surface area contributed by atoms with Crippen molar-refractivity contribution in [2.75, 3.05) is 20.6 Å². The predicted molar refractivity (Wildman–Crippen MR) is 130 cm³/mol.